The molecule has 0 amide bonds. The van der Waals surface area contributed by atoms with Crippen LogP contribution in [0.3, 0.4) is 0 Å². The second-order valence-electron chi connectivity index (χ2n) is 4.41. The smallest absolute Gasteiger partial charge is 0.0717 e. The zero-order chi connectivity index (χ0) is 12.5. The Morgan fingerprint density at radius 2 is 1.94 bits per heavy atom. The highest BCUT2D eigenvalue weighted by Crippen LogP contribution is 2.04. The highest BCUT2D eigenvalue weighted by Gasteiger charge is 2.09. The molecular weight excluding hydrogens is 234 g/mol. The minimum atomic E-state index is 0.438. The van der Waals surface area contributed by atoms with Crippen molar-refractivity contribution in [2.75, 3.05) is 19.0 Å². The molecule has 2 unspecified atom stereocenters. The lowest BCUT2D eigenvalue weighted by Gasteiger charge is -2.18. The Hall–Kier alpha value is -0.570. The average Bonchev–Trinajstić information content (AvgIpc) is 2.38. The first-order valence-electron chi connectivity index (χ1n) is 6.15. The molecule has 0 aromatic heterocycles. The number of halogens is 1. The van der Waals surface area contributed by atoms with Crippen molar-refractivity contribution in [1.82, 2.24) is 5.32 Å². The van der Waals surface area contributed by atoms with Gasteiger partial charge >= 0.3 is 0 Å². The zero-order valence-electron chi connectivity index (χ0n) is 10.7. The monoisotopic (exact) mass is 255 g/mol. The molecule has 0 aliphatic heterocycles. The number of benzene rings is 1. The van der Waals surface area contributed by atoms with Crippen LogP contribution in [0.25, 0.3) is 0 Å². The zero-order valence-corrected chi connectivity index (χ0v) is 11.4. The molecule has 1 N–H and O–H groups in total. The van der Waals surface area contributed by atoms with Crippen LogP contribution in [0, 0.1) is 5.92 Å². The van der Waals surface area contributed by atoms with Gasteiger partial charge in [0.1, 0.15) is 0 Å². The Morgan fingerprint density at radius 3 is 2.59 bits per heavy atom. The third kappa shape index (κ3) is 6.06. The van der Waals surface area contributed by atoms with Crippen molar-refractivity contribution in [2.45, 2.75) is 26.5 Å². The van der Waals surface area contributed by atoms with E-state index in [-0.39, 0.29) is 0 Å². The molecule has 0 bridgehead atoms. The first-order valence-corrected chi connectivity index (χ1v) is 6.68. The van der Waals surface area contributed by atoms with Gasteiger partial charge in [-0.3, -0.25) is 0 Å². The molecule has 1 aromatic rings. The summed E-state index contributed by atoms with van der Waals surface area (Å²) >= 11 is 5.80. The fraction of sp³-hybridized carbons (Fsp3) is 0.571. The van der Waals surface area contributed by atoms with Crippen molar-refractivity contribution in [3.8, 4) is 0 Å². The van der Waals surface area contributed by atoms with Gasteiger partial charge < -0.3 is 10.1 Å². The van der Waals surface area contributed by atoms with Crippen LogP contribution in [0.5, 0.6) is 0 Å². The van der Waals surface area contributed by atoms with Gasteiger partial charge in [0.25, 0.3) is 0 Å². The van der Waals surface area contributed by atoms with Crippen LogP contribution >= 0.6 is 11.6 Å². The lowest BCUT2D eigenvalue weighted by atomic mass is 10.1. The van der Waals surface area contributed by atoms with E-state index in [2.05, 4.69) is 31.3 Å². The molecule has 2 atom stereocenters. The maximum atomic E-state index is 5.80. The van der Waals surface area contributed by atoms with E-state index < -0.39 is 0 Å². The number of hydrogen-bond donors (Lipinski definition) is 1. The molecule has 1 aromatic carbocycles. The third-order valence-corrected chi connectivity index (χ3v) is 3.41. The SMILES string of the molecule is CC(CCl)C(C)NCCOCc1ccccc1. The quantitative estimate of drug-likeness (QED) is 0.570. The maximum Gasteiger partial charge on any atom is 0.0717 e. The molecule has 0 spiro atoms. The number of hydrogen-bond acceptors (Lipinski definition) is 2. The molecule has 2 nitrogen and oxygen atoms in total. The van der Waals surface area contributed by atoms with E-state index in [9.17, 15) is 0 Å². The lowest BCUT2D eigenvalue weighted by molar-refractivity contribution is 0.120. The predicted molar refractivity (Wildman–Crippen MR) is 73.4 cm³/mol. The van der Waals surface area contributed by atoms with Crippen LogP contribution in [0.2, 0.25) is 0 Å². The normalized spacial score (nSPS) is 14.5. The topological polar surface area (TPSA) is 21.3 Å². The summed E-state index contributed by atoms with van der Waals surface area (Å²) in [7, 11) is 0. The standard InChI is InChI=1S/C14H22ClNO/c1-12(10-15)13(2)16-8-9-17-11-14-6-4-3-5-7-14/h3-7,12-13,16H,8-11H2,1-2H3. The van der Waals surface area contributed by atoms with Crippen LogP contribution in [0.4, 0.5) is 0 Å². The van der Waals surface area contributed by atoms with E-state index >= 15 is 0 Å². The molecule has 0 heterocycles. The molecule has 0 saturated carbocycles. The summed E-state index contributed by atoms with van der Waals surface area (Å²) in [6.07, 6.45) is 0. The van der Waals surface area contributed by atoms with E-state index in [0.29, 0.717) is 24.4 Å². The van der Waals surface area contributed by atoms with Gasteiger partial charge in [0.2, 0.25) is 0 Å². The van der Waals surface area contributed by atoms with Crippen molar-refractivity contribution < 1.29 is 4.74 Å². The lowest BCUT2D eigenvalue weighted by Crippen LogP contribution is -2.35. The summed E-state index contributed by atoms with van der Waals surface area (Å²) < 4.78 is 5.59. The van der Waals surface area contributed by atoms with E-state index in [0.717, 1.165) is 13.2 Å². The summed E-state index contributed by atoms with van der Waals surface area (Å²) in [6.45, 7) is 6.59. The van der Waals surface area contributed by atoms with Crippen LogP contribution in [-0.4, -0.2) is 25.1 Å². The molecule has 0 fully saturated rings. The van der Waals surface area contributed by atoms with Gasteiger partial charge in [0.15, 0.2) is 0 Å². The van der Waals surface area contributed by atoms with Gasteiger partial charge in [-0.1, -0.05) is 37.3 Å². The van der Waals surface area contributed by atoms with Gasteiger partial charge in [-0.05, 0) is 18.4 Å². The molecule has 3 heteroatoms. The van der Waals surface area contributed by atoms with E-state index in [4.69, 9.17) is 16.3 Å². The Balaban J connectivity index is 2.05. The van der Waals surface area contributed by atoms with Crippen molar-refractivity contribution >= 4 is 11.6 Å². The van der Waals surface area contributed by atoms with Gasteiger partial charge in [-0.25, -0.2) is 0 Å². The van der Waals surface area contributed by atoms with E-state index in [1.807, 2.05) is 18.2 Å². The highest BCUT2D eigenvalue weighted by molar-refractivity contribution is 6.18. The van der Waals surface area contributed by atoms with Crippen molar-refractivity contribution in [2.24, 2.45) is 5.92 Å². The molecule has 0 radical (unpaired) electrons. The van der Waals surface area contributed by atoms with Crippen LogP contribution < -0.4 is 5.32 Å². The number of ether oxygens (including phenoxy) is 1. The first kappa shape index (κ1) is 14.5. The maximum absolute atomic E-state index is 5.80. The Labute approximate surface area is 109 Å². The third-order valence-electron chi connectivity index (χ3n) is 2.92. The molecule has 0 saturated heterocycles. The van der Waals surface area contributed by atoms with Gasteiger partial charge in [-0.2, -0.15) is 0 Å². The Bertz CT molecular complexity index is 292. The minimum absolute atomic E-state index is 0.438. The van der Waals surface area contributed by atoms with Gasteiger partial charge in [0.05, 0.1) is 13.2 Å². The fourth-order valence-corrected chi connectivity index (χ4v) is 1.73. The molecular formula is C14H22ClNO. The molecule has 0 aliphatic carbocycles. The highest BCUT2D eigenvalue weighted by atomic mass is 35.5. The average molecular weight is 256 g/mol. The van der Waals surface area contributed by atoms with Crippen LogP contribution in [0.1, 0.15) is 19.4 Å². The summed E-state index contributed by atoms with van der Waals surface area (Å²) in [5.41, 5.74) is 1.22. The van der Waals surface area contributed by atoms with Crippen LogP contribution in [0.15, 0.2) is 30.3 Å². The second-order valence-corrected chi connectivity index (χ2v) is 4.72. The fourth-order valence-electron chi connectivity index (χ4n) is 1.46. The minimum Gasteiger partial charge on any atom is -0.375 e. The van der Waals surface area contributed by atoms with Gasteiger partial charge in [0, 0.05) is 18.5 Å². The number of nitrogens with one attached hydrogen (secondary N) is 1. The molecule has 1 rings (SSSR count). The molecule has 17 heavy (non-hydrogen) atoms. The molecule has 0 aliphatic rings. The van der Waals surface area contributed by atoms with Crippen molar-refractivity contribution in [3.05, 3.63) is 35.9 Å². The van der Waals surface area contributed by atoms with Gasteiger partial charge in [-0.15, -0.1) is 11.6 Å². The Kier molecular flexibility index (Phi) is 7.25. The summed E-state index contributed by atoms with van der Waals surface area (Å²) in [6, 6.07) is 10.7. The summed E-state index contributed by atoms with van der Waals surface area (Å²) in [5, 5.41) is 3.41. The summed E-state index contributed by atoms with van der Waals surface area (Å²) in [5.74, 6) is 1.18. The summed E-state index contributed by atoms with van der Waals surface area (Å²) in [4.78, 5) is 0. The van der Waals surface area contributed by atoms with Crippen LogP contribution in [-0.2, 0) is 11.3 Å². The largest absolute Gasteiger partial charge is 0.375 e. The number of alkyl halides is 1. The second kappa shape index (κ2) is 8.51. The van der Waals surface area contributed by atoms with E-state index in [1.165, 1.54) is 5.56 Å². The van der Waals surface area contributed by atoms with E-state index in [1.54, 1.807) is 0 Å². The first-order chi connectivity index (χ1) is 8.24. The van der Waals surface area contributed by atoms with Crippen molar-refractivity contribution in [1.29, 1.82) is 0 Å². The predicted octanol–water partition coefficient (Wildman–Crippen LogP) is 3.06. The van der Waals surface area contributed by atoms with Crippen molar-refractivity contribution in [3.63, 3.8) is 0 Å². The number of rotatable bonds is 8. The Morgan fingerprint density at radius 1 is 1.24 bits per heavy atom. The molecule has 96 valence electrons.